The Balaban J connectivity index is 2.46. The third-order valence-corrected chi connectivity index (χ3v) is 2.83. The highest BCUT2D eigenvalue weighted by Gasteiger charge is 2.15. The monoisotopic (exact) mass is 260 g/mol. The van der Waals surface area contributed by atoms with E-state index in [2.05, 4.69) is 27.0 Å². The highest BCUT2D eigenvalue weighted by Crippen LogP contribution is 2.29. The van der Waals surface area contributed by atoms with Gasteiger partial charge in [-0.3, -0.25) is 4.57 Å². The van der Waals surface area contributed by atoms with Gasteiger partial charge in [-0.05, 0) is 32.9 Å². The zero-order chi connectivity index (χ0) is 13.7. The number of para-hydroxylation sites is 1. The highest BCUT2D eigenvalue weighted by molar-refractivity contribution is 5.65. The summed E-state index contributed by atoms with van der Waals surface area (Å²) in [5.41, 5.74) is 0.975. The third-order valence-electron chi connectivity index (χ3n) is 2.83. The standard InChI is InChI=1S/C14H20N4O/c1-4-15-14-17-16-13(18(14)5-2)11-9-7-8-10-12(11)19-6-3/h7-10H,4-6H2,1-3H3,(H,15,17). The van der Waals surface area contributed by atoms with Gasteiger partial charge >= 0.3 is 0 Å². The number of rotatable bonds is 6. The van der Waals surface area contributed by atoms with Crippen LogP contribution in [0.5, 0.6) is 5.75 Å². The largest absolute Gasteiger partial charge is 0.493 e. The lowest BCUT2D eigenvalue weighted by Gasteiger charge is -2.11. The maximum Gasteiger partial charge on any atom is 0.224 e. The molecule has 0 saturated carbocycles. The molecule has 0 radical (unpaired) electrons. The molecule has 0 aliphatic carbocycles. The Bertz CT molecular complexity index is 536. The molecule has 1 aromatic carbocycles. The van der Waals surface area contributed by atoms with Crippen molar-refractivity contribution in [1.82, 2.24) is 14.8 Å². The fraction of sp³-hybridized carbons (Fsp3) is 0.429. The van der Waals surface area contributed by atoms with Gasteiger partial charge in [0.1, 0.15) is 5.75 Å². The summed E-state index contributed by atoms with van der Waals surface area (Å²) in [6.07, 6.45) is 0. The summed E-state index contributed by atoms with van der Waals surface area (Å²) in [6, 6.07) is 7.92. The second-order valence-corrected chi connectivity index (χ2v) is 4.05. The van der Waals surface area contributed by atoms with E-state index in [9.17, 15) is 0 Å². The van der Waals surface area contributed by atoms with Crippen molar-refractivity contribution in [2.45, 2.75) is 27.3 Å². The summed E-state index contributed by atoms with van der Waals surface area (Å²) in [5.74, 6) is 2.48. The molecule has 0 atom stereocenters. The molecule has 0 aliphatic heterocycles. The molecule has 0 unspecified atom stereocenters. The molecule has 5 heteroatoms. The molecule has 0 fully saturated rings. The van der Waals surface area contributed by atoms with Crippen molar-refractivity contribution >= 4 is 5.95 Å². The maximum atomic E-state index is 5.66. The molecule has 2 rings (SSSR count). The Morgan fingerprint density at radius 2 is 1.95 bits per heavy atom. The number of nitrogens with zero attached hydrogens (tertiary/aromatic N) is 3. The molecule has 19 heavy (non-hydrogen) atoms. The number of ether oxygens (including phenoxy) is 1. The van der Waals surface area contributed by atoms with Crippen LogP contribution in [-0.2, 0) is 6.54 Å². The molecule has 1 N–H and O–H groups in total. The Hall–Kier alpha value is -2.04. The van der Waals surface area contributed by atoms with Gasteiger partial charge in [0.15, 0.2) is 5.82 Å². The van der Waals surface area contributed by atoms with Gasteiger partial charge in [-0.2, -0.15) is 0 Å². The van der Waals surface area contributed by atoms with Crippen molar-refractivity contribution in [2.75, 3.05) is 18.5 Å². The van der Waals surface area contributed by atoms with Gasteiger partial charge in [-0.25, -0.2) is 0 Å². The lowest BCUT2D eigenvalue weighted by molar-refractivity contribution is 0.341. The molecule has 2 aromatic rings. The first kappa shape index (κ1) is 13.4. The average Bonchev–Trinajstić information content (AvgIpc) is 2.83. The number of hydrogen-bond donors (Lipinski definition) is 1. The first-order chi connectivity index (χ1) is 9.31. The number of hydrogen-bond acceptors (Lipinski definition) is 4. The van der Waals surface area contributed by atoms with Gasteiger partial charge in [-0.1, -0.05) is 12.1 Å². The molecule has 1 heterocycles. The minimum absolute atomic E-state index is 0.636. The topological polar surface area (TPSA) is 52.0 Å². The van der Waals surface area contributed by atoms with Crippen LogP contribution < -0.4 is 10.1 Å². The van der Waals surface area contributed by atoms with Gasteiger partial charge in [0.2, 0.25) is 5.95 Å². The van der Waals surface area contributed by atoms with E-state index in [0.717, 1.165) is 36.2 Å². The fourth-order valence-corrected chi connectivity index (χ4v) is 2.02. The van der Waals surface area contributed by atoms with Crippen LogP contribution in [0.15, 0.2) is 24.3 Å². The van der Waals surface area contributed by atoms with Crippen LogP contribution in [0.3, 0.4) is 0 Å². The Kier molecular flexibility index (Phi) is 4.39. The van der Waals surface area contributed by atoms with E-state index in [1.807, 2.05) is 38.1 Å². The van der Waals surface area contributed by atoms with Crippen LogP contribution in [-0.4, -0.2) is 27.9 Å². The maximum absolute atomic E-state index is 5.66. The number of anilines is 1. The molecule has 0 amide bonds. The van der Waals surface area contributed by atoms with Crippen molar-refractivity contribution in [3.63, 3.8) is 0 Å². The molecular weight excluding hydrogens is 240 g/mol. The number of benzene rings is 1. The highest BCUT2D eigenvalue weighted by atomic mass is 16.5. The van der Waals surface area contributed by atoms with Gasteiger partial charge in [0.05, 0.1) is 12.2 Å². The van der Waals surface area contributed by atoms with Crippen LogP contribution in [0.4, 0.5) is 5.95 Å². The van der Waals surface area contributed by atoms with Gasteiger partial charge < -0.3 is 10.1 Å². The van der Waals surface area contributed by atoms with Gasteiger partial charge in [0, 0.05) is 13.1 Å². The van der Waals surface area contributed by atoms with E-state index in [1.54, 1.807) is 0 Å². The molecule has 0 aliphatic rings. The second kappa shape index (κ2) is 6.22. The van der Waals surface area contributed by atoms with Crippen molar-refractivity contribution in [1.29, 1.82) is 0 Å². The lowest BCUT2D eigenvalue weighted by Crippen LogP contribution is -2.07. The predicted octanol–water partition coefficient (Wildman–Crippen LogP) is 2.80. The minimum Gasteiger partial charge on any atom is -0.493 e. The summed E-state index contributed by atoms with van der Waals surface area (Å²) in [6.45, 7) is 8.37. The van der Waals surface area contributed by atoms with Crippen LogP contribution >= 0.6 is 0 Å². The first-order valence-corrected chi connectivity index (χ1v) is 6.71. The lowest BCUT2D eigenvalue weighted by atomic mass is 10.2. The molecule has 0 saturated heterocycles. The molecule has 102 valence electrons. The second-order valence-electron chi connectivity index (χ2n) is 4.05. The average molecular weight is 260 g/mol. The summed E-state index contributed by atoms with van der Waals surface area (Å²) in [5, 5.41) is 11.7. The Morgan fingerprint density at radius 3 is 2.63 bits per heavy atom. The van der Waals surface area contributed by atoms with E-state index in [-0.39, 0.29) is 0 Å². The van der Waals surface area contributed by atoms with Gasteiger partial charge in [-0.15, -0.1) is 10.2 Å². The number of nitrogens with one attached hydrogen (secondary N) is 1. The summed E-state index contributed by atoms with van der Waals surface area (Å²) in [4.78, 5) is 0. The quantitative estimate of drug-likeness (QED) is 0.867. The summed E-state index contributed by atoms with van der Waals surface area (Å²) in [7, 11) is 0. The van der Waals surface area contributed by atoms with Crippen molar-refractivity contribution in [2.24, 2.45) is 0 Å². The van der Waals surface area contributed by atoms with E-state index >= 15 is 0 Å². The van der Waals surface area contributed by atoms with Crippen LogP contribution in [0.2, 0.25) is 0 Å². The minimum atomic E-state index is 0.636. The van der Waals surface area contributed by atoms with Crippen LogP contribution in [0, 0.1) is 0 Å². The van der Waals surface area contributed by atoms with E-state index in [0.29, 0.717) is 6.61 Å². The zero-order valence-corrected chi connectivity index (χ0v) is 11.7. The molecule has 0 spiro atoms. The third kappa shape index (κ3) is 2.70. The molecule has 5 nitrogen and oxygen atoms in total. The fourth-order valence-electron chi connectivity index (χ4n) is 2.02. The van der Waals surface area contributed by atoms with Crippen LogP contribution in [0.25, 0.3) is 11.4 Å². The predicted molar refractivity (Wildman–Crippen MR) is 76.5 cm³/mol. The zero-order valence-electron chi connectivity index (χ0n) is 11.7. The molecular formula is C14H20N4O. The SMILES string of the molecule is CCNc1nnc(-c2ccccc2OCC)n1CC. The van der Waals surface area contributed by atoms with Crippen molar-refractivity contribution in [3.05, 3.63) is 24.3 Å². The summed E-state index contributed by atoms with van der Waals surface area (Å²) >= 11 is 0. The van der Waals surface area contributed by atoms with Crippen molar-refractivity contribution < 1.29 is 4.74 Å². The first-order valence-electron chi connectivity index (χ1n) is 6.71. The number of aromatic nitrogens is 3. The van der Waals surface area contributed by atoms with E-state index < -0.39 is 0 Å². The Morgan fingerprint density at radius 1 is 1.16 bits per heavy atom. The van der Waals surface area contributed by atoms with Gasteiger partial charge in [0.25, 0.3) is 0 Å². The molecule has 1 aromatic heterocycles. The molecule has 0 bridgehead atoms. The normalized spacial score (nSPS) is 10.5. The van der Waals surface area contributed by atoms with Crippen molar-refractivity contribution in [3.8, 4) is 17.1 Å². The van der Waals surface area contributed by atoms with E-state index in [1.165, 1.54) is 0 Å². The Labute approximate surface area is 113 Å². The van der Waals surface area contributed by atoms with Crippen LogP contribution in [0.1, 0.15) is 20.8 Å². The smallest absolute Gasteiger partial charge is 0.224 e. The summed E-state index contributed by atoms with van der Waals surface area (Å²) < 4.78 is 7.72. The van der Waals surface area contributed by atoms with E-state index in [4.69, 9.17) is 4.74 Å².